The highest BCUT2D eigenvalue weighted by molar-refractivity contribution is 6.20. The largest absolute Gasteiger partial charge is 0.372 e. The average molecular weight is 408 g/mol. The lowest BCUT2D eigenvalue weighted by Crippen LogP contribution is -2.75. The number of hydrogen-bond donors (Lipinski definition) is 2. The molecule has 30 heavy (non-hydrogen) atoms. The number of nitrogens with zero attached hydrogens (tertiary/aromatic N) is 4. The van der Waals surface area contributed by atoms with Gasteiger partial charge in [0, 0.05) is 37.1 Å². The van der Waals surface area contributed by atoms with E-state index < -0.39 is 35.4 Å². The molecule has 3 aliphatic rings. The fourth-order valence-corrected chi connectivity index (χ4v) is 4.89. The number of hydrogen-bond acceptors (Lipinski definition) is 8. The highest BCUT2D eigenvalue weighted by Gasteiger charge is 2.63. The Balaban J connectivity index is 1.68. The van der Waals surface area contributed by atoms with Crippen molar-refractivity contribution in [2.45, 2.75) is 38.5 Å². The molecule has 2 N–H and O–H groups in total. The van der Waals surface area contributed by atoms with Crippen molar-refractivity contribution in [2.75, 3.05) is 11.4 Å². The van der Waals surface area contributed by atoms with Gasteiger partial charge in [-0.15, -0.1) is 0 Å². The van der Waals surface area contributed by atoms with Gasteiger partial charge in [0.2, 0.25) is 11.8 Å². The molecule has 2 saturated heterocycles. The normalized spacial score (nSPS) is 27.2. The van der Waals surface area contributed by atoms with Gasteiger partial charge in [0.05, 0.1) is 30.1 Å². The van der Waals surface area contributed by atoms with E-state index in [1.165, 1.54) is 0 Å². The number of morpholine rings is 1. The number of rotatable bonds is 1. The molecule has 3 atom stereocenters. The number of amides is 4. The minimum atomic E-state index is -1.51. The second-order valence-corrected chi connectivity index (χ2v) is 7.93. The van der Waals surface area contributed by atoms with Crippen LogP contribution in [0, 0.1) is 5.41 Å². The summed E-state index contributed by atoms with van der Waals surface area (Å²) < 4.78 is 5.98. The number of aromatic nitrogens is 3. The molecule has 5 rings (SSSR count). The Morgan fingerprint density at radius 2 is 1.87 bits per heavy atom. The van der Waals surface area contributed by atoms with Crippen molar-refractivity contribution in [2.24, 2.45) is 5.41 Å². The first kappa shape index (κ1) is 18.6. The fraction of sp³-hybridized carbons (Fsp3) is 0.400. The van der Waals surface area contributed by atoms with Crippen LogP contribution in [-0.2, 0) is 20.7 Å². The SMILES string of the molecule is C[C@@H]1CN2c3ncc(-c4cnccn4)cc3CC3(C(=O)NC(=O)NC3=O)[C@H]2[C@H](C)O1. The van der Waals surface area contributed by atoms with E-state index in [4.69, 9.17) is 4.74 Å². The van der Waals surface area contributed by atoms with Crippen LogP contribution in [0.25, 0.3) is 11.3 Å². The number of barbiturate groups is 1. The predicted molar refractivity (Wildman–Crippen MR) is 104 cm³/mol. The monoisotopic (exact) mass is 408 g/mol. The van der Waals surface area contributed by atoms with Crippen LogP contribution in [-0.4, -0.2) is 57.6 Å². The van der Waals surface area contributed by atoms with Gasteiger partial charge in [-0.2, -0.15) is 0 Å². The fourth-order valence-electron chi connectivity index (χ4n) is 4.89. The molecular formula is C20H20N6O4. The number of ether oxygens (including phenoxy) is 1. The molecule has 1 spiro atoms. The van der Waals surface area contributed by atoms with Crippen molar-refractivity contribution in [1.82, 2.24) is 25.6 Å². The number of fused-ring (bicyclic) bond motifs is 4. The van der Waals surface area contributed by atoms with Gasteiger partial charge in [0.1, 0.15) is 5.82 Å². The summed E-state index contributed by atoms with van der Waals surface area (Å²) in [5.41, 5.74) is 0.594. The molecule has 3 aliphatic heterocycles. The third-order valence-electron chi connectivity index (χ3n) is 5.99. The Morgan fingerprint density at radius 1 is 1.10 bits per heavy atom. The first-order valence-electron chi connectivity index (χ1n) is 9.74. The maximum Gasteiger partial charge on any atom is 0.328 e. The molecule has 154 valence electrons. The highest BCUT2D eigenvalue weighted by atomic mass is 16.5. The van der Waals surface area contributed by atoms with Crippen LogP contribution in [0.5, 0.6) is 0 Å². The maximum absolute atomic E-state index is 13.1. The second-order valence-electron chi connectivity index (χ2n) is 7.93. The number of nitrogens with one attached hydrogen (secondary N) is 2. The van der Waals surface area contributed by atoms with Crippen LogP contribution in [0.2, 0.25) is 0 Å². The van der Waals surface area contributed by atoms with Gasteiger partial charge < -0.3 is 9.64 Å². The van der Waals surface area contributed by atoms with E-state index in [1.807, 2.05) is 24.8 Å². The molecule has 10 nitrogen and oxygen atoms in total. The molecule has 0 bridgehead atoms. The van der Waals surface area contributed by atoms with Gasteiger partial charge in [-0.3, -0.25) is 30.2 Å². The van der Waals surface area contributed by atoms with E-state index in [0.717, 1.165) is 11.1 Å². The average Bonchev–Trinajstić information content (AvgIpc) is 2.71. The summed E-state index contributed by atoms with van der Waals surface area (Å²) in [6, 6.07) is 0.479. The summed E-state index contributed by atoms with van der Waals surface area (Å²) in [6.07, 6.45) is 6.07. The van der Waals surface area contributed by atoms with E-state index >= 15 is 0 Å². The molecule has 0 aromatic carbocycles. The van der Waals surface area contributed by atoms with Crippen molar-refractivity contribution >= 4 is 23.7 Å². The Labute approximate surface area is 172 Å². The molecular weight excluding hydrogens is 388 g/mol. The lowest BCUT2D eigenvalue weighted by atomic mass is 9.67. The van der Waals surface area contributed by atoms with Gasteiger partial charge in [-0.1, -0.05) is 0 Å². The van der Waals surface area contributed by atoms with Gasteiger partial charge in [0.15, 0.2) is 5.41 Å². The van der Waals surface area contributed by atoms with Crippen LogP contribution in [0.15, 0.2) is 30.9 Å². The molecule has 2 aromatic rings. The Kier molecular flexibility index (Phi) is 4.07. The Bertz CT molecular complexity index is 1040. The molecule has 0 aliphatic carbocycles. The molecule has 0 saturated carbocycles. The quantitative estimate of drug-likeness (QED) is 0.651. The van der Waals surface area contributed by atoms with Crippen LogP contribution in [0.4, 0.5) is 10.6 Å². The molecule has 2 aromatic heterocycles. The standard InChI is InChI=1S/C20H20N6O4/c1-10-9-26-15(11(2)30-10)20(17(27)24-19(29)25-18(20)28)6-12-5-13(7-23-16(12)26)14-8-21-3-4-22-14/h3-5,7-8,10-11,15H,6,9H2,1-2H3,(H2,24,25,27,28,29)/t10-,11+,15-/m1/s1. The number of anilines is 1. The van der Waals surface area contributed by atoms with E-state index in [2.05, 4.69) is 25.6 Å². The number of carbonyl (C=O) groups excluding carboxylic acids is 3. The zero-order valence-corrected chi connectivity index (χ0v) is 16.5. The number of carbonyl (C=O) groups is 3. The third kappa shape index (κ3) is 2.60. The lowest BCUT2D eigenvalue weighted by molar-refractivity contribution is -0.153. The van der Waals surface area contributed by atoms with Crippen LogP contribution in [0.3, 0.4) is 0 Å². The van der Waals surface area contributed by atoms with E-state index in [-0.39, 0.29) is 12.5 Å². The molecule has 10 heteroatoms. The summed E-state index contributed by atoms with van der Waals surface area (Å²) in [5, 5.41) is 4.55. The third-order valence-corrected chi connectivity index (χ3v) is 5.99. The van der Waals surface area contributed by atoms with Crippen LogP contribution < -0.4 is 15.5 Å². The van der Waals surface area contributed by atoms with E-state index in [1.54, 1.807) is 24.8 Å². The van der Waals surface area contributed by atoms with Crippen molar-refractivity contribution < 1.29 is 19.1 Å². The maximum atomic E-state index is 13.1. The van der Waals surface area contributed by atoms with Gasteiger partial charge in [-0.25, -0.2) is 9.78 Å². The zero-order valence-electron chi connectivity index (χ0n) is 16.5. The van der Waals surface area contributed by atoms with E-state index in [0.29, 0.717) is 18.1 Å². The molecule has 2 fully saturated rings. The Hall–Kier alpha value is -3.40. The predicted octanol–water partition coefficient (Wildman–Crippen LogP) is 0.429. The molecule has 0 unspecified atom stereocenters. The van der Waals surface area contributed by atoms with E-state index in [9.17, 15) is 14.4 Å². The highest BCUT2D eigenvalue weighted by Crippen LogP contribution is 2.46. The summed E-state index contributed by atoms with van der Waals surface area (Å²) in [7, 11) is 0. The minimum Gasteiger partial charge on any atom is -0.372 e. The topological polar surface area (TPSA) is 126 Å². The van der Waals surface area contributed by atoms with Crippen LogP contribution >= 0.6 is 0 Å². The lowest BCUT2D eigenvalue weighted by Gasteiger charge is -2.54. The first-order chi connectivity index (χ1) is 14.4. The zero-order chi connectivity index (χ0) is 21.0. The van der Waals surface area contributed by atoms with Gasteiger partial charge in [0.25, 0.3) is 0 Å². The van der Waals surface area contributed by atoms with Gasteiger partial charge in [-0.05, 0) is 25.5 Å². The summed E-state index contributed by atoms with van der Waals surface area (Å²) in [5.74, 6) is -0.531. The number of imide groups is 2. The van der Waals surface area contributed by atoms with Crippen molar-refractivity contribution in [1.29, 1.82) is 0 Å². The van der Waals surface area contributed by atoms with Crippen molar-refractivity contribution in [3.63, 3.8) is 0 Å². The summed E-state index contributed by atoms with van der Waals surface area (Å²) in [4.78, 5) is 53.0. The molecule has 4 amide bonds. The van der Waals surface area contributed by atoms with Crippen molar-refractivity contribution in [3.05, 3.63) is 36.4 Å². The summed E-state index contributed by atoms with van der Waals surface area (Å²) >= 11 is 0. The summed E-state index contributed by atoms with van der Waals surface area (Å²) in [6.45, 7) is 4.24. The number of urea groups is 1. The molecule has 0 radical (unpaired) electrons. The first-order valence-corrected chi connectivity index (χ1v) is 9.74. The van der Waals surface area contributed by atoms with Crippen molar-refractivity contribution in [3.8, 4) is 11.3 Å². The van der Waals surface area contributed by atoms with Gasteiger partial charge >= 0.3 is 6.03 Å². The Morgan fingerprint density at radius 3 is 2.57 bits per heavy atom. The molecule has 5 heterocycles. The minimum absolute atomic E-state index is 0.0949. The van der Waals surface area contributed by atoms with Crippen LogP contribution in [0.1, 0.15) is 19.4 Å². The second kappa shape index (κ2) is 6.56. The number of pyridine rings is 1. The smallest absolute Gasteiger partial charge is 0.328 e.